The van der Waals surface area contributed by atoms with Gasteiger partial charge in [-0.3, -0.25) is 4.68 Å². The zero-order chi connectivity index (χ0) is 21.6. The first-order valence-corrected chi connectivity index (χ1v) is 9.74. The van der Waals surface area contributed by atoms with Gasteiger partial charge < -0.3 is 10.1 Å². The number of nitrogens with one attached hydrogen (secondary N) is 1. The van der Waals surface area contributed by atoms with Gasteiger partial charge in [0.25, 0.3) is 0 Å². The molecule has 7 nitrogen and oxygen atoms in total. The fraction of sp³-hybridized carbons (Fsp3) is 0.130. The zero-order valence-electron chi connectivity index (χ0n) is 16.8. The zero-order valence-corrected chi connectivity index (χ0v) is 16.8. The Kier molecular flexibility index (Phi) is 5.98. The summed E-state index contributed by atoms with van der Waals surface area (Å²) < 4.78 is 20.2. The number of nitrogens with zero attached hydrogens (tertiary/aromatic N) is 4. The number of benzene rings is 2. The first kappa shape index (κ1) is 20.2. The van der Waals surface area contributed by atoms with Crippen LogP contribution in [0, 0.1) is 5.82 Å². The summed E-state index contributed by atoms with van der Waals surface area (Å²) in [7, 11) is 0. The number of esters is 1. The van der Waals surface area contributed by atoms with Crippen molar-refractivity contribution in [2.24, 2.45) is 0 Å². The van der Waals surface area contributed by atoms with Gasteiger partial charge in [-0.15, -0.1) is 0 Å². The van der Waals surface area contributed by atoms with E-state index in [2.05, 4.69) is 20.4 Å². The lowest BCUT2D eigenvalue weighted by molar-refractivity contribution is -0.137. The third-order valence-corrected chi connectivity index (χ3v) is 4.55. The van der Waals surface area contributed by atoms with E-state index in [-0.39, 0.29) is 5.82 Å². The average molecular weight is 417 g/mol. The topological polar surface area (TPSA) is 81.9 Å². The number of ether oxygens (including phenoxy) is 1. The van der Waals surface area contributed by atoms with E-state index in [1.54, 1.807) is 31.5 Å². The highest BCUT2D eigenvalue weighted by Crippen LogP contribution is 2.24. The molecule has 0 bridgehead atoms. The summed E-state index contributed by atoms with van der Waals surface area (Å²) in [6.07, 6.45) is 7.75. The van der Waals surface area contributed by atoms with E-state index in [9.17, 15) is 9.18 Å². The monoisotopic (exact) mass is 417 g/mol. The molecule has 8 heteroatoms. The number of aromatic nitrogens is 4. The van der Waals surface area contributed by atoms with Crippen LogP contribution >= 0.6 is 0 Å². The van der Waals surface area contributed by atoms with Crippen LogP contribution < -0.4 is 5.32 Å². The summed E-state index contributed by atoms with van der Waals surface area (Å²) in [5.41, 5.74) is 3.23. The first-order chi connectivity index (χ1) is 15.1. The highest BCUT2D eigenvalue weighted by atomic mass is 19.1. The minimum absolute atomic E-state index is 0.266. The molecule has 0 saturated heterocycles. The van der Waals surface area contributed by atoms with Crippen LogP contribution in [-0.4, -0.2) is 32.3 Å². The van der Waals surface area contributed by atoms with E-state index in [1.807, 2.05) is 28.9 Å². The molecule has 2 aromatic heterocycles. The van der Waals surface area contributed by atoms with Crippen molar-refractivity contribution in [1.29, 1.82) is 0 Å². The Morgan fingerprint density at radius 2 is 2.13 bits per heavy atom. The van der Waals surface area contributed by atoms with E-state index < -0.39 is 5.97 Å². The Balaban J connectivity index is 1.55. The molecule has 156 valence electrons. The van der Waals surface area contributed by atoms with Gasteiger partial charge >= 0.3 is 5.97 Å². The van der Waals surface area contributed by atoms with Crippen LogP contribution in [0.3, 0.4) is 0 Å². The lowest BCUT2D eigenvalue weighted by Gasteiger charge is -2.09. The minimum Gasteiger partial charge on any atom is -0.463 e. The Labute approximate surface area is 178 Å². The predicted octanol–water partition coefficient (Wildman–Crippen LogP) is 4.33. The molecule has 1 N–H and O–H groups in total. The van der Waals surface area contributed by atoms with Gasteiger partial charge in [-0.1, -0.05) is 12.1 Å². The van der Waals surface area contributed by atoms with Crippen molar-refractivity contribution in [3.63, 3.8) is 0 Å². The molecular formula is C23H20FN5O2. The fourth-order valence-electron chi connectivity index (χ4n) is 3.15. The number of fused-ring (bicyclic) bond motifs is 1. The number of carbonyl (C=O) groups is 1. The molecule has 0 amide bonds. The third kappa shape index (κ3) is 4.92. The Morgan fingerprint density at radius 3 is 2.97 bits per heavy atom. The van der Waals surface area contributed by atoms with Crippen LogP contribution in [0.25, 0.3) is 17.0 Å². The number of rotatable bonds is 7. The van der Waals surface area contributed by atoms with Crippen LogP contribution in [0.4, 0.5) is 15.9 Å². The van der Waals surface area contributed by atoms with Gasteiger partial charge in [0, 0.05) is 28.9 Å². The Morgan fingerprint density at radius 1 is 1.23 bits per heavy atom. The summed E-state index contributed by atoms with van der Waals surface area (Å²) in [6, 6.07) is 12.3. The second-order valence-electron chi connectivity index (χ2n) is 6.74. The average Bonchev–Trinajstić information content (AvgIpc) is 3.15. The smallest absolute Gasteiger partial charge is 0.330 e. The van der Waals surface area contributed by atoms with Crippen LogP contribution in [0.2, 0.25) is 0 Å². The fourth-order valence-corrected chi connectivity index (χ4v) is 3.15. The number of hydrogen-bond donors (Lipinski definition) is 1. The number of carbonyl (C=O) groups excluding carboxylic acids is 1. The van der Waals surface area contributed by atoms with Crippen molar-refractivity contribution in [2.75, 3.05) is 11.9 Å². The van der Waals surface area contributed by atoms with E-state index >= 15 is 0 Å². The van der Waals surface area contributed by atoms with E-state index in [0.717, 1.165) is 22.2 Å². The molecule has 0 fully saturated rings. The highest BCUT2D eigenvalue weighted by molar-refractivity contribution is 5.89. The first-order valence-electron chi connectivity index (χ1n) is 9.74. The van der Waals surface area contributed by atoms with Crippen molar-refractivity contribution >= 4 is 34.5 Å². The molecule has 31 heavy (non-hydrogen) atoms. The van der Waals surface area contributed by atoms with Crippen molar-refractivity contribution in [3.05, 3.63) is 84.2 Å². The standard InChI is InChI=1S/C23H20FN5O2/c1-2-31-22(30)9-6-17-12-25-15-26-23(17)28-20-7-8-21-18(11-20)13-27-29(21)14-16-4-3-5-19(24)10-16/h3-13,15H,2,14H2,1H3,(H,25,26,28). The lowest BCUT2D eigenvalue weighted by atomic mass is 10.2. The highest BCUT2D eigenvalue weighted by Gasteiger charge is 2.08. The molecule has 0 aliphatic rings. The van der Waals surface area contributed by atoms with Gasteiger partial charge in [-0.25, -0.2) is 19.2 Å². The maximum absolute atomic E-state index is 13.5. The molecule has 0 spiro atoms. The van der Waals surface area contributed by atoms with Gasteiger partial charge in [-0.2, -0.15) is 5.10 Å². The van der Waals surface area contributed by atoms with Crippen LogP contribution in [0.5, 0.6) is 0 Å². The number of anilines is 2. The number of hydrogen-bond acceptors (Lipinski definition) is 6. The molecule has 0 aliphatic carbocycles. The Hall–Kier alpha value is -4.07. The van der Waals surface area contributed by atoms with Crippen molar-refractivity contribution in [1.82, 2.24) is 19.7 Å². The largest absolute Gasteiger partial charge is 0.463 e. The molecule has 2 aromatic carbocycles. The molecule has 0 saturated carbocycles. The third-order valence-electron chi connectivity index (χ3n) is 4.55. The minimum atomic E-state index is -0.426. The molecule has 4 rings (SSSR count). The second-order valence-corrected chi connectivity index (χ2v) is 6.74. The molecule has 0 radical (unpaired) electrons. The second kappa shape index (κ2) is 9.17. The van der Waals surface area contributed by atoms with Crippen LogP contribution in [-0.2, 0) is 16.1 Å². The summed E-state index contributed by atoms with van der Waals surface area (Å²) in [5, 5.41) is 8.61. The number of halogens is 1. The lowest BCUT2D eigenvalue weighted by Crippen LogP contribution is -2.02. The molecular weight excluding hydrogens is 397 g/mol. The van der Waals surface area contributed by atoms with Crippen molar-refractivity contribution < 1.29 is 13.9 Å². The maximum Gasteiger partial charge on any atom is 0.330 e. The molecule has 0 unspecified atom stereocenters. The molecule has 0 aliphatic heterocycles. The van der Waals surface area contributed by atoms with E-state index in [0.29, 0.717) is 24.5 Å². The summed E-state index contributed by atoms with van der Waals surface area (Å²) in [4.78, 5) is 19.9. The molecule has 0 atom stereocenters. The van der Waals surface area contributed by atoms with Gasteiger partial charge in [0.1, 0.15) is 18.0 Å². The van der Waals surface area contributed by atoms with Gasteiger partial charge in [-0.05, 0) is 48.9 Å². The summed E-state index contributed by atoms with van der Waals surface area (Å²) >= 11 is 0. The molecule has 2 heterocycles. The maximum atomic E-state index is 13.5. The van der Waals surface area contributed by atoms with Crippen molar-refractivity contribution in [2.45, 2.75) is 13.5 Å². The summed E-state index contributed by atoms with van der Waals surface area (Å²) in [6.45, 7) is 2.54. The van der Waals surface area contributed by atoms with E-state index in [1.165, 1.54) is 24.5 Å². The van der Waals surface area contributed by atoms with Crippen molar-refractivity contribution in [3.8, 4) is 0 Å². The predicted molar refractivity (Wildman–Crippen MR) is 116 cm³/mol. The van der Waals surface area contributed by atoms with Gasteiger partial charge in [0.15, 0.2) is 0 Å². The SMILES string of the molecule is CCOC(=O)C=Cc1cncnc1Nc1ccc2c(cnn2Cc2cccc(F)c2)c1. The Bertz CT molecular complexity index is 1250. The van der Waals surface area contributed by atoms with Crippen LogP contribution in [0.1, 0.15) is 18.1 Å². The normalized spacial score (nSPS) is 11.2. The van der Waals surface area contributed by atoms with Crippen LogP contribution in [0.15, 0.2) is 67.3 Å². The van der Waals surface area contributed by atoms with Gasteiger partial charge in [0.2, 0.25) is 0 Å². The van der Waals surface area contributed by atoms with Gasteiger partial charge in [0.05, 0.1) is 24.9 Å². The summed E-state index contributed by atoms with van der Waals surface area (Å²) in [5.74, 6) is -0.135. The van der Waals surface area contributed by atoms with E-state index in [4.69, 9.17) is 4.74 Å². The quantitative estimate of drug-likeness (QED) is 0.356. The molecule has 4 aromatic rings.